The van der Waals surface area contributed by atoms with Gasteiger partial charge in [0.25, 0.3) is 0 Å². The molecule has 1 aliphatic carbocycles. The van der Waals surface area contributed by atoms with E-state index in [1.807, 2.05) is 23.5 Å². The number of rotatable bonds is 3. The second kappa shape index (κ2) is 5.31. The number of halogens is 1. The molecule has 0 radical (unpaired) electrons. The normalized spacial score (nSPS) is 17.4. The molecule has 1 aliphatic heterocycles. The topological polar surface area (TPSA) is 35.2 Å². The van der Waals surface area contributed by atoms with Crippen LogP contribution in [0.3, 0.4) is 0 Å². The zero-order chi connectivity index (χ0) is 14.4. The highest BCUT2D eigenvalue weighted by Crippen LogP contribution is 2.37. The van der Waals surface area contributed by atoms with Crippen LogP contribution in [-0.2, 0) is 25.7 Å². The number of nitrogens with two attached hydrogens (primary N) is 1. The van der Waals surface area contributed by atoms with E-state index in [4.69, 9.17) is 22.1 Å². The fraction of sp³-hybridized carbons (Fsp3) is 0.412. The Morgan fingerprint density at radius 2 is 2.10 bits per heavy atom. The van der Waals surface area contributed by atoms with Gasteiger partial charge in [-0.15, -0.1) is 11.3 Å². The molecule has 1 aromatic heterocycles. The fourth-order valence-electron chi connectivity index (χ4n) is 3.37. The molecular weight excluding hydrogens is 302 g/mol. The quantitative estimate of drug-likeness (QED) is 0.925. The van der Waals surface area contributed by atoms with Gasteiger partial charge in [0.05, 0.1) is 6.61 Å². The summed E-state index contributed by atoms with van der Waals surface area (Å²) in [6.07, 6.45) is 5.48. The van der Waals surface area contributed by atoms with Crippen LogP contribution in [-0.4, -0.2) is 6.61 Å². The van der Waals surface area contributed by atoms with Crippen molar-refractivity contribution in [2.45, 2.75) is 38.1 Å². The molecule has 1 atom stereocenters. The van der Waals surface area contributed by atoms with E-state index in [1.165, 1.54) is 40.1 Å². The van der Waals surface area contributed by atoms with Crippen LogP contribution in [0.1, 0.15) is 38.9 Å². The van der Waals surface area contributed by atoms with Crippen molar-refractivity contribution < 1.29 is 4.74 Å². The highest BCUT2D eigenvalue weighted by atomic mass is 35.5. The summed E-state index contributed by atoms with van der Waals surface area (Å²) in [6.45, 7) is 0.755. The molecule has 0 bridgehead atoms. The monoisotopic (exact) mass is 319 g/mol. The Labute approximate surface area is 133 Å². The van der Waals surface area contributed by atoms with Gasteiger partial charge in [-0.3, -0.25) is 0 Å². The molecule has 2 aromatic rings. The van der Waals surface area contributed by atoms with Gasteiger partial charge < -0.3 is 10.5 Å². The summed E-state index contributed by atoms with van der Waals surface area (Å²) in [5.41, 5.74) is 10.3. The lowest BCUT2D eigenvalue weighted by Crippen LogP contribution is -2.12. The number of benzene rings is 1. The second-order valence-electron chi connectivity index (χ2n) is 5.91. The van der Waals surface area contributed by atoms with Gasteiger partial charge in [0.1, 0.15) is 5.75 Å². The first-order valence-corrected chi connectivity index (χ1v) is 8.71. The third kappa shape index (κ3) is 2.48. The minimum absolute atomic E-state index is 0.0346. The van der Waals surface area contributed by atoms with Gasteiger partial charge in [-0.2, -0.15) is 0 Å². The molecule has 0 spiro atoms. The molecule has 0 saturated carbocycles. The molecule has 2 heterocycles. The minimum atomic E-state index is 0.0346. The van der Waals surface area contributed by atoms with Crippen LogP contribution in [0.15, 0.2) is 18.2 Å². The molecule has 21 heavy (non-hydrogen) atoms. The Morgan fingerprint density at radius 1 is 1.19 bits per heavy atom. The molecule has 1 unspecified atom stereocenters. The van der Waals surface area contributed by atoms with Crippen LogP contribution in [0.4, 0.5) is 0 Å². The molecule has 2 N–H and O–H groups in total. The largest absolute Gasteiger partial charge is 0.493 e. The van der Waals surface area contributed by atoms with E-state index in [9.17, 15) is 0 Å². The molecule has 4 heteroatoms. The summed E-state index contributed by atoms with van der Waals surface area (Å²) < 4.78 is 5.77. The summed E-state index contributed by atoms with van der Waals surface area (Å²) in [4.78, 5) is 2.83. The predicted octanol–water partition coefficient (Wildman–Crippen LogP) is 4.07. The molecule has 0 amide bonds. The standard InChI is InChI=1S/C17H18ClNOS/c18-13-6-11-4-5-20-17(11)12(7-13)8-14(19)16-9-10-2-1-3-15(10)21-16/h6-7,9,14H,1-5,8,19H2. The molecule has 2 aliphatic rings. The summed E-state index contributed by atoms with van der Waals surface area (Å²) in [7, 11) is 0. The lowest BCUT2D eigenvalue weighted by atomic mass is 10.0. The predicted molar refractivity (Wildman–Crippen MR) is 87.6 cm³/mol. The first-order chi connectivity index (χ1) is 10.2. The number of hydrogen-bond acceptors (Lipinski definition) is 3. The van der Waals surface area contributed by atoms with Gasteiger partial charge in [-0.05, 0) is 60.6 Å². The van der Waals surface area contributed by atoms with Crippen LogP contribution in [0.2, 0.25) is 5.02 Å². The summed E-state index contributed by atoms with van der Waals surface area (Å²) in [6, 6.07) is 6.36. The number of ether oxygens (including phenoxy) is 1. The molecule has 1 aromatic carbocycles. The zero-order valence-electron chi connectivity index (χ0n) is 11.8. The molecule has 4 rings (SSSR count). The van der Waals surface area contributed by atoms with E-state index in [0.717, 1.165) is 35.8 Å². The Balaban J connectivity index is 1.60. The molecule has 0 fully saturated rings. The number of fused-ring (bicyclic) bond motifs is 2. The average Bonchev–Trinajstić information content (AvgIpc) is 3.12. The third-order valence-electron chi connectivity index (χ3n) is 4.40. The number of hydrogen-bond donors (Lipinski definition) is 1. The van der Waals surface area contributed by atoms with Crippen molar-refractivity contribution in [3.05, 3.63) is 49.7 Å². The fourth-order valence-corrected chi connectivity index (χ4v) is 4.89. The van der Waals surface area contributed by atoms with E-state index in [1.54, 1.807) is 0 Å². The Bertz CT molecular complexity index is 673. The Morgan fingerprint density at radius 3 is 2.95 bits per heavy atom. The van der Waals surface area contributed by atoms with Gasteiger partial charge in [-0.1, -0.05) is 11.6 Å². The van der Waals surface area contributed by atoms with Crippen molar-refractivity contribution in [2.24, 2.45) is 5.73 Å². The van der Waals surface area contributed by atoms with Gasteiger partial charge in [0, 0.05) is 27.2 Å². The van der Waals surface area contributed by atoms with Crippen LogP contribution < -0.4 is 10.5 Å². The minimum Gasteiger partial charge on any atom is -0.493 e. The van der Waals surface area contributed by atoms with Gasteiger partial charge in [0.15, 0.2) is 0 Å². The number of thiophene rings is 1. The highest BCUT2D eigenvalue weighted by molar-refractivity contribution is 7.12. The molecule has 2 nitrogen and oxygen atoms in total. The van der Waals surface area contributed by atoms with E-state index < -0.39 is 0 Å². The van der Waals surface area contributed by atoms with E-state index in [-0.39, 0.29) is 6.04 Å². The Hall–Kier alpha value is -1.03. The lowest BCUT2D eigenvalue weighted by Gasteiger charge is -2.13. The van der Waals surface area contributed by atoms with Gasteiger partial charge in [-0.25, -0.2) is 0 Å². The molecule has 0 saturated heterocycles. The van der Waals surface area contributed by atoms with Gasteiger partial charge in [0.2, 0.25) is 0 Å². The van der Waals surface area contributed by atoms with Crippen LogP contribution in [0.25, 0.3) is 0 Å². The van der Waals surface area contributed by atoms with Crippen LogP contribution in [0, 0.1) is 0 Å². The number of aryl methyl sites for hydroxylation is 2. The molecular formula is C17H18ClNOS. The third-order valence-corrected chi connectivity index (χ3v) is 5.98. The van der Waals surface area contributed by atoms with Gasteiger partial charge >= 0.3 is 0 Å². The maximum Gasteiger partial charge on any atom is 0.125 e. The SMILES string of the molecule is NC(Cc1cc(Cl)cc2c1OCC2)c1cc2c(s1)CCC2. The Kier molecular flexibility index (Phi) is 3.44. The van der Waals surface area contributed by atoms with E-state index >= 15 is 0 Å². The molecule has 110 valence electrons. The van der Waals surface area contributed by atoms with Crippen molar-refractivity contribution in [3.63, 3.8) is 0 Å². The smallest absolute Gasteiger partial charge is 0.125 e. The van der Waals surface area contributed by atoms with E-state index in [2.05, 4.69) is 6.07 Å². The zero-order valence-corrected chi connectivity index (χ0v) is 13.4. The van der Waals surface area contributed by atoms with Crippen molar-refractivity contribution in [1.29, 1.82) is 0 Å². The highest BCUT2D eigenvalue weighted by Gasteiger charge is 2.22. The first kappa shape index (κ1) is 13.6. The van der Waals surface area contributed by atoms with Crippen LogP contribution in [0.5, 0.6) is 5.75 Å². The maximum atomic E-state index is 6.44. The van der Waals surface area contributed by atoms with E-state index in [0.29, 0.717) is 0 Å². The second-order valence-corrected chi connectivity index (χ2v) is 7.52. The van der Waals surface area contributed by atoms with Crippen molar-refractivity contribution >= 4 is 22.9 Å². The van der Waals surface area contributed by atoms with Crippen molar-refractivity contribution in [2.75, 3.05) is 6.61 Å². The summed E-state index contributed by atoms with van der Waals surface area (Å²) in [5, 5.41) is 0.787. The van der Waals surface area contributed by atoms with Crippen molar-refractivity contribution in [3.8, 4) is 5.75 Å². The summed E-state index contributed by atoms with van der Waals surface area (Å²) >= 11 is 8.11. The summed E-state index contributed by atoms with van der Waals surface area (Å²) in [5.74, 6) is 1.01. The van der Waals surface area contributed by atoms with Crippen molar-refractivity contribution in [1.82, 2.24) is 0 Å². The first-order valence-electron chi connectivity index (χ1n) is 7.52. The average molecular weight is 320 g/mol. The maximum absolute atomic E-state index is 6.44. The lowest BCUT2D eigenvalue weighted by molar-refractivity contribution is 0.352. The van der Waals surface area contributed by atoms with Crippen LogP contribution >= 0.6 is 22.9 Å².